The first-order valence-electron chi connectivity index (χ1n) is 7.91. The molecule has 0 saturated heterocycles. The fourth-order valence-electron chi connectivity index (χ4n) is 2.46. The molecule has 1 aromatic carbocycles. The second-order valence-corrected chi connectivity index (χ2v) is 6.35. The third-order valence-electron chi connectivity index (χ3n) is 4.19. The average Bonchev–Trinajstić information content (AvgIpc) is 3.27. The molecule has 1 N–H and O–H groups in total. The van der Waals surface area contributed by atoms with Gasteiger partial charge in [-0.25, -0.2) is 0 Å². The van der Waals surface area contributed by atoms with E-state index in [1.54, 1.807) is 0 Å². The normalized spacial score (nSPS) is 16.2. The van der Waals surface area contributed by atoms with Crippen molar-refractivity contribution in [3.8, 4) is 0 Å². The zero-order valence-corrected chi connectivity index (χ0v) is 13.7. The summed E-state index contributed by atoms with van der Waals surface area (Å²) in [5.74, 6) is 0.707. The molecule has 0 spiro atoms. The Labute approximate surface area is 128 Å². The summed E-state index contributed by atoms with van der Waals surface area (Å²) in [6.07, 6.45) is 3.83. The van der Waals surface area contributed by atoms with Gasteiger partial charge in [0.15, 0.2) is 0 Å². The van der Waals surface area contributed by atoms with Gasteiger partial charge in [0.05, 0.1) is 0 Å². The van der Waals surface area contributed by atoms with Gasteiger partial charge in [-0.2, -0.15) is 0 Å². The van der Waals surface area contributed by atoms with Gasteiger partial charge in [0.2, 0.25) is 0 Å². The number of nitrogens with one attached hydrogen (secondary N) is 1. The van der Waals surface area contributed by atoms with Gasteiger partial charge in [-0.1, -0.05) is 37.9 Å². The minimum atomic E-state index is 0.707. The van der Waals surface area contributed by atoms with Crippen LogP contribution in [-0.4, -0.2) is 19.1 Å². The Morgan fingerprint density at radius 3 is 2.70 bits per heavy atom. The molecule has 1 aliphatic carbocycles. The summed E-state index contributed by atoms with van der Waals surface area (Å²) >= 11 is 6.44. The highest BCUT2D eigenvalue weighted by Gasteiger charge is 2.22. The van der Waals surface area contributed by atoms with Crippen LogP contribution in [0.1, 0.15) is 45.6 Å². The monoisotopic (exact) mass is 294 g/mol. The maximum atomic E-state index is 6.44. The van der Waals surface area contributed by atoms with Gasteiger partial charge in [0, 0.05) is 41.9 Å². The van der Waals surface area contributed by atoms with Crippen molar-refractivity contribution in [2.24, 2.45) is 5.92 Å². The maximum absolute atomic E-state index is 6.44. The van der Waals surface area contributed by atoms with E-state index < -0.39 is 0 Å². The Balaban J connectivity index is 2.15. The zero-order valence-electron chi connectivity index (χ0n) is 13.0. The van der Waals surface area contributed by atoms with Crippen LogP contribution in [0.15, 0.2) is 18.2 Å². The number of benzene rings is 1. The third kappa shape index (κ3) is 4.13. The van der Waals surface area contributed by atoms with Crippen molar-refractivity contribution >= 4 is 17.3 Å². The fraction of sp³-hybridized carbons (Fsp3) is 0.647. The van der Waals surface area contributed by atoms with Crippen LogP contribution in [0.4, 0.5) is 5.69 Å². The molecule has 0 amide bonds. The first-order chi connectivity index (χ1) is 9.65. The van der Waals surface area contributed by atoms with Crippen LogP contribution >= 0.6 is 11.6 Å². The van der Waals surface area contributed by atoms with E-state index in [0.29, 0.717) is 12.0 Å². The van der Waals surface area contributed by atoms with E-state index >= 15 is 0 Å². The molecule has 1 aliphatic rings. The van der Waals surface area contributed by atoms with Crippen LogP contribution in [0.5, 0.6) is 0 Å². The molecule has 1 unspecified atom stereocenters. The summed E-state index contributed by atoms with van der Waals surface area (Å²) in [5, 5.41) is 4.48. The molecule has 0 aliphatic heterocycles. The quantitative estimate of drug-likeness (QED) is 0.761. The predicted molar refractivity (Wildman–Crippen MR) is 88.7 cm³/mol. The van der Waals surface area contributed by atoms with Gasteiger partial charge in [0.1, 0.15) is 0 Å². The highest BCUT2D eigenvalue weighted by atomic mass is 35.5. The second-order valence-electron chi connectivity index (χ2n) is 5.94. The zero-order chi connectivity index (χ0) is 14.5. The lowest BCUT2D eigenvalue weighted by Gasteiger charge is -2.29. The lowest BCUT2D eigenvalue weighted by molar-refractivity contribution is 0.546. The van der Waals surface area contributed by atoms with Crippen molar-refractivity contribution in [2.45, 2.75) is 52.6 Å². The Bertz CT molecular complexity index is 429. The summed E-state index contributed by atoms with van der Waals surface area (Å²) < 4.78 is 0. The van der Waals surface area contributed by atoms with Crippen molar-refractivity contribution in [2.75, 3.05) is 18.0 Å². The third-order valence-corrected chi connectivity index (χ3v) is 4.54. The van der Waals surface area contributed by atoms with Crippen molar-refractivity contribution in [3.05, 3.63) is 28.8 Å². The summed E-state index contributed by atoms with van der Waals surface area (Å²) in [7, 11) is 0. The Morgan fingerprint density at radius 1 is 1.35 bits per heavy atom. The number of anilines is 1. The SMILES string of the molecule is CCC(C)CN(CC)c1cccc(Cl)c1CNC1CC1. The standard InChI is InChI=1S/C17H27ClN2/c1-4-13(3)12-20(5-2)17-8-6-7-16(18)15(17)11-19-14-9-10-14/h6-8,13-14,19H,4-5,9-12H2,1-3H3. The maximum Gasteiger partial charge on any atom is 0.0471 e. The fourth-order valence-corrected chi connectivity index (χ4v) is 2.69. The van der Waals surface area contributed by atoms with Crippen molar-refractivity contribution < 1.29 is 0 Å². The van der Waals surface area contributed by atoms with E-state index in [9.17, 15) is 0 Å². The van der Waals surface area contributed by atoms with Crippen molar-refractivity contribution in [1.29, 1.82) is 0 Å². The van der Waals surface area contributed by atoms with Gasteiger partial charge in [0.25, 0.3) is 0 Å². The molecule has 0 aromatic heterocycles. The molecule has 1 fully saturated rings. The van der Waals surface area contributed by atoms with Gasteiger partial charge in [-0.15, -0.1) is 0 Å². The minimum absolute atomic E-state index is 0.707. The van der Waals surface area contributed by atoms with E-state index in [2.05, 4.69) is 43.1 Å². The topological polar surface area (TPSA) is 15.3 Å². The number of nitrogens with zero attached hydrogens (tertiary/aromatic N) is 1. The molecule has 112 valence electrons. The number of halogens is 1. The Morgan fingerprint density at radius 2 is 2.10 bits per heavy atom. The molecule has 0 heterocycles. The molecule has 0 bridgehead atoms. The molecule has 0 radical (unpaired) electrons. The molecule has 20 heavy (non-hydrogen) atoms. The number of rotatable bonds is 8. The van der Waals surface area contributed by atoms with E-state index in [0.717, 1.165) is 24.7 Å². The van der Waals surface area contributed by atoms with Gasteiger partial charge in [-0.3, -0.25) is 0 Å². The molecular weight excluding hydrogens is 268 g/mol. The largest absolute Gasteiger partial charge is 0.371 e. The molecule has 1 atom stereocenters. The van der Waals surface area contributed by atoms with Gasteiger partial charge in [-0.05, 0) is 37.8 Å². The predicted octanol–water partition coefficient (Wildman–Crippen LogP) is 4.46. The van der Waals surface area contributed by atoms with Crippen LogP contribution in [-0.2, 0) is 6.54 Å². The van der Waals surface area contributed by atoms with E-state index in [1.165, 1.54) is 30.5 Å². The molecular formula is C17H27ClN2. The first-order valence-corrected chi connectivity index (χ1v) is 8.29. The van der Waals surface area contributed by atoms with Crippen LogP contribution in [0.25, 0.3) is 0 Å². The first kappa shape index (κ1) is 15.7. The van der Waals surface area contributed by atoms with Crippen molar-refractivity contribution in [3.63, 3.8) is 0 Å². The molecule has 3 heteroatoms. The van der Waals surface area contributed by atoms with E-state index in [4.69, 9.17) is 11.6 Å². The highest BCUT2D eigenvalue weighted by Crippen LogP contribution is 2.29. The van der Waals surface area contributed by atoms with Crippen molar-refractivity contribution in [1.82, 2.24) is 5.32 Å². The molecule has 1 aromatic rings. The summed E-state index contributed by atoms with van der Waals surface area (Å²) in [4.78, 5) is 2.46. The minimum Gasteiger partial charge on any atom is -0.371 e. The van der Waals surface area contributed by atoms with Crippen LogP contribution in [0.2, 0.25) is 5.02 Å². The lowest BCUT2D eigenvalue weighted by atomic mass is 10.1. The summed E-state index contributed by atoms with van der Waals surface area (Å²) in [5.41, 5.74) is 2.56. The van der Waals surface area contributed by atoms with Crippen LogP contribution < -0.4 is 10.2 Å². The number of hydrogen-bond acceptors (Lipinski definition) is 2. The number of hydrogen-bond donors (Lipinski definition) is 1. The van der Waals surface area contributed by atoms with E-state index in [-0.39, 0.29) is 0 Å². The summed E-state index contributed by atoms with van der Waals surface area (Å²) in [6, 6.07) is 6.99. The Kier molecular flexibility index (Phi) is 5.74. The van der Waals surface area contributed by atoms with E-state index in [1.807, 2.05) is 6.07 Å². The Hall–Kier alpha value is -0.730. The molecule has 2 rings (SSSR count). The molecule has 1 saturated carbocycles. The molecule has 2 nitrogen and oxygen atoms in total. The van der Waals surface area contributed by atoms with Crippen LogP contribution in [0, 0.1) is 5.92 Å². The van der Waals surface area contributed by atoms with Crippen LogP contribution in [0.3, 0.4) is 0 Å². The second kappa shape index (κ2) is 7.33. The smallest absolute Gasteiger partial charge is 0.0471 e. The van der Waals surface area contributed by atoms with Gasteiger partial charge >= 0.3 is 0 Å². The average molecular weight is 295 g/mol. The highest BCUT2D eigenvalue weighted by molar-refractivity contribution is 6.31. The lowest BCUT2D eigenvalue weighted by Crippen LogP contribution is -2.30. The van der Waals surface area contributed by atoms with Gasteiger partial charge < -0.3 is 10.2 Å². The summed E-state index contributed by atoms with van der Waals surface area (Å²) in [6.45, 7) is 9.81.